The molecule has 1 atom stereocenters. The summed E-state index contributed by atoms with van der Waals surface area (Å²) >= 11 is 0.850. The zero-order valence-corrected chi connectivity index (χ0v) is 15.9. The fourth-order valence-corrected chi connectivity index (χ4v) is 3.56. The number of methoxy groups -OCH3 is 2. The van der Waals surface area contributed by atoms with Crippen LogP contribution in [0.2, 0.25) is 0 Å². The largest absolute Gasteiger partial charge is 0.485 e. The Morgan fingerprint density at radius 2 is 1.82 bits per heavy atom. The summed E-state index contributed by atoms with van der Waals surface area (Å²) in [6.07, 6.45) is -0.992. The van der Waals surface area contributed by atoms with Crippen LogP contribution in [0, 0.1) is 0 Å². The van der Waals surface area contributed by atoms with Crippen LogP contribution in [0.15, 0.2) is 24.3 Å². The van der Waals surface area contributed by atoms with Crippen LogP contribution in [0.25, 0.3) is 0 Å². The number of thiophene rings is 1. The maximum absolute atomic E-state index is 12.4. The molecule has 0 bridgehead atoms. The molecule has 1 aliphatic rings. The van der Waals surface area contributed by atoms with Gasteiger partial charge in [0, 0.05) is 5.56 Å². The highest BCUT2D eigenvalue weighted by atomic mass is 32.1. The molecular weight excluding hydrogens is 390 g/mol. The van der Waals surface area contributed by atoms with Gasteiger partial charge >= 0.3 is 17.9 Å². The Labute approximate surface area is 163 Å². The first-order valence-electron chi connectivity index (χ1n) is 8.09. The minimum absolute atomic E-state index is 0.0324. The molecule has 0 aliphatic carbocycles. The van der Waals surface area contributed by atoms with Crippen LogP contribution in [0.1, 0.15) is 25.6 Å². The van der Waals surface area contributed by atoms with E-state index < -0.39 is 24.0 Å². The van der Waals surface area contributed by atoms with Gasteiger partial charge in [-0.1, -0.05) is 12.1 Å². The Bertz CT molecular complexity index is 922. The fraction of sp³-hybridized carbons (Fsp3) is 0.278. The Morgan fingerprint density at radius 3 is 2.50 bits per heavy atom. The monoisotopic (exact) mass is 407 g/mol. The molecule has 2 heterocycles. The number of hydrogen-bond acceptors (Lipinski definition) is 10. The van der Waals surface area contributed by atoms with Gasteiger partial charge < -0.3 is 29.4 Å². The van der Waals surface area contributed by atoms with Gasteiger partial charge in [0.15, 0.2) is 11.5 Å². The topological polar surface area (TPSA) is 123 Å². The van der Waals surface area contributed by atoms with Crippen LogP contribution in [0.3, 0.4) is 0 Å². The predicted molar refractivity (Wildman–Crippen MR) is 97.6 cm³/mol. The molecule has 1 aliphatic heterocycles. The zero-order valence-electron chi connectivity index (χ0n) is 15.1. The van der Waals surface area contributed by atoms with Gasteiger partial charge in [-0.05, 0) is 12.1 Å². The van der Waals surface area contributed by atoms with E-state index in [1.165, 1.54) is 14.2 Å². The van der Waals surface area contributed by atoms with Gasteiger partial charge in [-0.3, -0.25) is 0 Å². The van der Waals surface area contributed by atoms with E-state index in [1.807, 2.05) is 0 Å². The van der Waals surface area contributed by atoms with Crippen molar-refractivity contribution in [3.8, 4) is 11.5 Å². The van der Waals surface area contributed by atoms with Crippen molar-refractivity contribution >= 4 is 34.2 Å². The summed E-state index contributed by atoms with van der Waals surface area (Å²) in [5, 5.41) is 0.0597. The molecule has 0 spiro atoms. The summed E-state index contributed by atoms with van der Waals surface area (Å²) in [7, 11) is 2.37. The quantitative estimate of drug-likeness (QED) is 0.583. The van der Waals surface area contributed by atoms with Gasteiger partial charge in [-0.2, -0.15) is 0 Å². The van der Waals surface area contributed by atoms with Crippen LogP contribution in [0.4, 0.5) is 5.00 Å². The lowest BCUT2D eigenvalue weighted by molar-refractivity contribution is -0.155. The first-order chi connectivity index (χ1) is 13.5. The first kappa shape index (κ1) is 19.5. The van der Waals surface area contributed by atoms with Crippen molar-refractivity contribution in [2.75, 3.05) is 26.6 Å². The number of ether oxygens (including phenoxy) is 5. The van der Waals surface area contributed by atoms with Gasteiger partial charge in [0.2, 0.25) is 6.10 Å². The van der Waals surface area contributed by atoms with Gasteiger partial charge in [-0.15, -0.1) is 11.3 Å². The number of nitrogen functional groups attached to an aromatic ring is 1. The molecule has 0 saturated carbocycles. The number of anilines is 1. The number of carbonyl (C=O) groups is 3. The highest BCUT2D eigenvalue weighted by molar-refractivity contribution is 7.18. The molecule has 0 unspecified atom stereocenters. The van der Waals surface area contributed by atoms with Gasteiger partial charge in [0.1, 0.15) is 28.7 Å². The molecular formula is C18H17NO8S. The van der Waals surface area contributed by atoms with Gasteiger partial charge in [0.25, 0.3) is 0 Å². The van der Waals surface area contributed by atoms with E-state index in [-0.39, 0.29) is 34.2 Å². The van der Waals surface area contributed by atoms with E-state index in [0.717, 1.165) is 11.3 Å². The Balaban J connectivity index is 1.77. The smallest absolute Gasteiger partial charge is 0.351 e. The minimum Gasteiger partial charge on any atom is -0.485 e. The van der Waals surface area contributed by atoms with E-state index >= 15 is 0 Å². The minimum atomic E-state index is -0.992. The van der Waals surface area contributed by atoms with E-state index in [0.29, 0.717) is 11.5 Å². The lowest BCUT2D eigenvalue weighted by atomic mass is 10.1. The summed E-state index contributed by atoms with van der Waals surface area (Å²) in [5.41, 5.74) is 5.92. The molecule has 3 rings (SSSR count). The molecule has 28 heavy (non-hydrogen) atoms. The Morgan fingerprint density at radius 1 is 1.14 bits per heavy atom. The average molecular weight is 407 g/mol. The van der Waals surface area contributed by atoms with Gasteiger partial charge in [0.05, 0.1) is 14.2 Å². The molecule has 148 valence electrons. The third kappa shape index (κ3) is 3.72. The highest BCUT2D eigenvalue weighted by Gasteiger charge is 2.31. The summed E-state index contributed by atoms with van der Waals surface area (Å²) < 4.78 is 25.7. The molecule has 9 nitrogen and oxygen atoms in total. The Hall–Kier alpha value is -3.27. The molecule has 2 aromatic rings. The number of rotatable bonds is 5. The number of fused-ring (bicyclic) bond motifs is 1. The SMILES string of the molecule is COC(=O)c1sc(N)c(C(=O)OC)c1COC(=O)[C@H]1COc2ccccc2O1. The molecule has 0 saturated heterocycles. The lowest BCUT2D eigenvalue weighted by Crippen LogP contribution is -2.37. The van der Waals surface area contributed by atoms with E-state index in [9.17, 15) is 14.4 Å². The van der Waals surface area contributed by atoms with Crippen molar-refractivity contribution in [2.24, 2.45) is 0 Å². The second-order valence-electron chi connectivity index (χ2n) is 5.60. The number of carbonyl (C=O) groups excluding carboxylic acids is 3. The van der Waals surface area contributed by atoms with E-state index in [1.54, 1.807) is 24.3 Å². The molecule has 10 heteroatoms. The summed E-state index contributed by atoms with van der Waals surface area (Å²) in [6, 6.07) is 6.91. The zero-order chi connectivity index (χ0) is 20.3. The lowest BCUT2D eigenvalue weighted by Gasteiger charge is -2.25. The van der Waals surface area contributed by atoms with Crippen LogP contribution in [-0.2, 0) is 25.6 Å². The van der Waals surface area contributed by atoms with Crippen molar-refractivity contribution in [3.63, 3.8) is 0 Å². The third-order valence-electron chi connectivity index (χ3n) is 3.92. The maximum atomic E-state index is 12.4. The van der Waals surface area contributed by atoms with E-state index in [4.69, 9.17) is 29.4 Å². The summed E-state index contributed by atoms with van der Waals surface area (Å²) in [4.78, 5) is 36.5. The predicted octanol–water partition coefficient (Wildman–Crippen LogP) is 1.79. The van der Waals surface area contributed by atoms with Crippen molar-refractivity contribution in [2.45, 2.75) is 12.7 Å². The van der Waals surface area contributed by atoms with Crippen molar-refractivity contribution in [1.29, 1.82) is 0 Å². The summed E-state index contributed by atoms with van der Waals surface area (Å²) in [6.45, 7) is -0.418. The number of esters is 3. The summed E-state index contributed by atoms with van der Waals surface area (Å²) in [5.74, 6) is -1.23. The second kappa shape index (κ2) is 8.17. The standard InChI is InChI=1S/C18H17NO8S/c1-23-17(21)13-9(14(18(22)24-2)28-15(13)19)7-26-16(20)12-8-25-10-5-3-4-6-11(10)27-12/h3-6,12H,7-8,19H2,1-2H3/t12-/m1/s1. The molecule has 2 N–H and O–H groups in total. The molecule has 0 radical (unpaired) electrons. The molecule has 1 aromatic carbocycles. The van der Waals surface area contributed by atoms with Crippen LogP contribution >= 0.6 is 11.3 Å². The normalized spacial score (nSPS) is 14.9. The molecule has 0 fully saturated rings. The van der Waals surface area contributed by atoms with Gasteiger partial charge in [-0.25, -0.2) is 14.4 Å². The number of nitrogens with two attached hydrogens (primary N) is 1. The average Bonchev–Trinajstić information content (AvgIpc) is 3.06. The first-order valence-corrected chi connectivity index (χ1v) is 8.90. The van der Waals surface area contributed by atoms with Crippen LogP contribution in [0.5, 0.6) is 11.5 Å². The molecule has 1 aromatic heterocycles. The third-order valence-corrected chi connectivity index (χ3v) is 4.97. The van der Waals surface area contributed by atoms with E-state index in [2.05, 4.69) is 0 Å². The number of benzene rings is 1. The van der Waals surface area contributed by atoms with Crippen molar-refractivity contribution in [1.82, 2.24) is 0 Å². The number of hydrogen-bond donors (Lipinski definition) is 1. The highest BCUT2D eigenvalue weighted by Crippen LogP contribution is 2.34. The number of para-hydroxylation sites is 2. The van der Waals surface area contributed by atoms with Crippen LogP contribution in [-0.4, -0.2) is 44.8 Å². The maximum Gasteiger partial charge on any atom is 0.351 e. The fourth-order valence-electron chi connectivity index (χ4n) is 2.58. The van der Waals surface area contributed by atoms with Crippen molar-refractivity contribution < 1.29 is 38.1 Å². The molecule has 0 amide bonds. The second-order valence-corrected chi connectivity index (χ2v) is 6.66. The Kier molecular flexibility index (Phi) is 5.69. The van der Waals surface area contributed by atoms with Crippen molar-refractivity contribution in [3.05, 3.63) is 40.3 Å². The van der Waals surface area contributed by atoms with Crippen LogP contribution < -0.4 is 15.2 Å².